The molecule has 0 saturated heterocycles. The Balaban J connectivity index is 2.30. The zero-order valence-electron chi connectivity index (χ0n) is 10.6. The maximum Gasteiger partial charge on any atom is 0.307 e. The van der Waals surface area contributed by atoms with Gasteiger partial charge in [0.25, 0.3) is 0 Å². The SMILES string of the molecule is CC(=O)c1ccc(-c2cccc(CC(=O)O)c2)cc1. The molecule has 0 aliphatic heterocycles. The molecule has 0 bridgehead atoms. The average Bonchev–Trinajstić information content (AvgIpc) is 2.38. The van der Waals surface area contributed by atoms with Crippen molar-refractivity contribution in [3.63, 3.8) is 0 Å². The molecule has 0 aliphatic carbocycles. The van der Waals surface area contributed by atoms with E-state index in [1.165, 1.54) is 6.92 Å². The number of carboxylic acid groups (broad SMARTS) is 1. The third-order valence-corrected chi connectivity index (χ3v) is 2.91. The summed E-state index contributed by atoms with van der Waals surface area (Å²) in [5, 5.41) is 8.79. The number of carbonyl (C=O) groups is 2. The highest BCUT2D eigenvalue weighted by Gasteiger charge is 2.04. The zero-order chi connectivity index (χ0) is 13.8. The van der Waals surface area contributed by atoms with Gasteiger partial charge in [-0.2, -0.15) is 0 Å². The van der Waals surface area contributed by atoms with Crippen LogP contribution in [-0.4, -0.2) is 16.9 Å². The minimum absolute atomic E-state index is 0.0133. The van der Waals surface area contributed by atoms with E-state index in [1.54, 1.807) is 18.2 Å². The Morgan fingerprint density at radius 3 is 2.26 bits per heavy atom. The maximum absolute atomic E-state index is 11.2. The van der Waals surface area contributed by atoms with Crippen LogP contribution >= 0.6 is 0 Å². The van der Waals surface area contributed by atoms with E-state index in [0.29, 0.717) is 5.56 Å². The Morgan fingerprint density at radius 1 is 1.00 bits per heavy atom. The largest absolute Gasteiger partial charge is 0.481 e. The highest BCUT2D eigenvalue weighted by molar-refractivity contribution is 5.94. The maximum atomic E-state index is 11.2. The van der Waals surface area contributed by atoms with Crippen molar-refractivity contribution in [2.45, 2.75) is 13.3 Å². The average molecular weight is 254 g/mol. The minimum atomic E-state index is -0.843. The quantitative estimate of drug-likeness (QED) is 0.852. The monoisotopic (exact) mass is 254 g/mol. The summed E-state index contributed by atoms with van der Waals surface area (Å²) in [6.45, 7) is 1.53. The summed E-state index contributed by atoms with van der Waals surface area (Å²) in [4.78, 5) is 21.9. The molecule has 1 N–H and O–H groups in total. The van der Waals surface area contributed by atoms with Gasteiger partial charge in [0.1, 0.15) is 0 Å². The van der Waals surface area contributed by atoms with Crippen LogP contribution in [0.1, 0.15) is 22.8 Å². The lowest BCUT2D eigenvalue weighted by atomic mass is 10.00. The lowest BCUT2D eigenvalue weighted by Crippen LogP contribution is -1.99. The predicted octanol–water partition coefficient (Wildman–Crippen LogP) is 3.18. The Hall–Kier alpha value is -2.42. The molecular weight excluding hydrogens is 240 g/mol. The molecule has 0 fully saturated rings. The van der Waals surface area contributed by atoms with Gasteiger partial charge >= 0.3 is 5.97 Å². The summed E-state index contributed by atoms with van der Waals surface area (Å²) in [6.07, 6.45) is 0.0133. The molecule has 0 saturated carbocycles. The molecule has 3 heteroatoms. The molecule has 96 valence electrons. The molecule has 0 unspecified atom stereocenters. The summed E-state index contributed by atoms with van der Waals surface area (Å²) in [5.41, 5.74) is 3.36. The number of ketones is 1. The van der Waals surface area contributed by atoms with Crippen LogP contribution in [0.2, 0.25) is 0 Å². The van der Waals surface area contributed by atoms with Gasteiger partial charge in [-0.25, -0.2) is 0 Å². The number of benzene rings is 2. The molecule has 2 aromatic carbocycles. The molecule has 0 radical (unpaired) electrons. The van der Waals surface area contributed by atoms with Crippen molar-refractivity contribution in [2.75, 3.05) is 0 Å². The summed E-state index contributed by atoms with van der Waals surface area (Å²) < 4.78 is 0. The molecule has 19 heavy (non-hydrogen) atoms. The first kappa shape index (κ1) is 13.0. The van der Waals surface area contributed by atoms with Crippen molar-refractivity contribution >= 4 is 11.8 Å². The number of Topliss-reactive ketones (excluding diaryl/α,β-unsaturated/α-hetero) is 1. The van der Waals surface area contributed by atoms with E-state index in [1.807, 2.05) is 30.3 Å². The van der Waals surface area contributed by atoms with E-state index >= 15 is 0 Å². The van der Waals surface area contributed by atoms with Gasteiger partial charge in [-0.1, -0.05) is 48.5 Å². The van der Waals surface area contributed by atoms with E-state index < -0.39 is 5.97 Å². The fourth-order valence-corrected chi connectivity index (χ4v) is 1.93. The van der Waals surface area contributed by atoms with Crippen molar-refractivity contribution < 1.29 is 14.7 Å². The number of carboxylic acids is 1. The lowest BCUT2D eigenvalue weighted by molar-refractivity contribution is -0.136. The van der Waals surface area contributed by atoms with Crippen LogP contribution in [0.4, 0.5) is 0 Å². The van der Waals surface area contributed by atoms with E-state index in [9.17, 15) is 9.59 Å². The predicted molar refractivity (Wildman–Crippen MR) is 73.2 cm³/mol. The Kier molecular flexibility index (Phi) is 3.76. The third kappa shape index (κ3) is 3.28. The number of hydrogen-bond acceptors (Lipinski definition) is 2. The van der Waals surface area contributed by atoms with Crippen LogP contribution in [0.15, 0.2) is 48.5 Å². The zero-order valence-corrected chi connectivity index (χ0v) is 10.6. The third-order valence-electron chi connectivity index (χ3n) is 2.91. The molecule has 2 rings (SSSR count). The first-order valence-corrected chi connectivity index (χ1v) is 5.98. The van der Waals surface area contributed by atoms with Crippen molar-refractivity contribution in [1.82, 2.24) is 0 Å². The van der Waals surface area contributed by atoms with E-state index in [0.717, 1.165) is 16.7 Å². The van der Waals surface area contributed by atoms with Gasteiger partial charge < -0.3 is 5.11 Å². The molecule has 0 heterocycles. The number of hydrogen-bond donors (Lipinski definition) is 1. The van der Waals surface area contributed by atoms with E-state index in [2.05, 4.69) is 0 Å². The fraction of sp³-hybridized carbons (Fsp3) is 0.125. The number of rotatable bonds is 4. The second-order valence-electron chi connectivity index (χ2n) is 4.40. The van der Waals surface area contributed by atoms with Gasteiger partial charge in [0.2, 0.25) is 0 Å². The molecule has 2 aromatic rings. The standard InChI is InChI=1S/C16H14O3/c1-11(17)13-5-7-14(8-6-13)15-4-2-3-12(9-15)10-16(18)19/h2-9H,10H2,1H3,(H,18,19). The summed E-state index contributed by atoms with van der Waals surface area (Å²) in [6, 6.07) is 14.7. The summed E-state index contributed by atoms with van der Waals surface area (Å²) in [5.74, 6) is -0.810. The minimum Gasteiger partial charge on any atom is -0.481 e. The van der Waals surface area contributed by atoms with Crippen molar-refractivity contribution in [1.29, 1.82) is 0 Å². The Labute approximate surface area is 111 Å². The van der Waals surface area contributed by atoms with Crippen LogP contribution in [0, 0.1) is 0 Å². The first-order valence-electron chi connectivity index (χ1n) is 5.98. The summed E-state index contributed by atoms with van der Waals surface area (Å²) in [7, 11) is 0. The van der Waals surface area contributed by atoms with E-state index in [4.69, 9.17) is 5.11 Å². The smallest absolute Gasteiger partial charge is 0.307 e. The Bertz CT molecular complexity index is 612. The fourth-order valence-electron chi connectivity index (χ4n) is 1.93. The highest BCUT2D eigenvalue weighted by atomic mass is 16.4. The van der Waals surface area contributed by atoms with Crippen LogP contribution in [0.3, 0.4) is 0 Å². The first-order chi connectivity index (χ1) is 9.06. The van der Waals surface area contributed by atoms with Gasteiger partial charge in [0.05, 0.1) is 6.42 Å². The lowest BCUT2D eigenvalue weighted by Gasteiger charge is -2.05. The number of carbonyl (C=O) groups excluding carboxylic acids is 1. The van der Waals surface area contributed by atoms with Gasteiger partial charge in [-0.3, -0.25) is 9.59 Å². The van der Waals surface area contributed by atoms with E-state index in [-0.39, 0.29) is 12.2 Å². The second kappa shape index (κ2) is 5.48. The number of aliphatic carboxylic acids is 1. The molecule has 0 amide bonds. The van der Waals surface area contributed by atoms with Gasteiger partial charge in [0.15, 0.2) is 5.78 Å². The molecule has 0 aromatic heterocycles. The van der Waals surface area contributed by atoms with Gasteiger partial charge in [0, 0.05) is 5.56 Å². The van der Waals surface area contributed by atoms with Crippen LogP contribution < -0.4 is 0 Å². The molecule has 3 nitrogen and oxygen atoms in total. The van der Waals surface area contributed by atoms with Crippen LogP contribution in [-0.2, 0) is 11.2 Å². The molecule has 0 spiro atoms. The topological polar surface area (TPSA) is 54.4 Å². The summed E-state index contributed by atoms with van der Waals surface area (Å²) >= 11 is 0. The van der Waals surface area contributed by atoms with Gasteiger partial charge in [-0.15, -0.1) is 0 Å². The van der Waals surface area contributed by atoms with Gasteiger partial charge in [-0.05, 0) is 23.6 Å². The van der Waals surface area contributed by atoms with Crippen molar-refractivity contribution in [2.24, 2.45) is 0 Å². The second-order valence-corrected chi connectivity index (χ2v) is 4.40. The molecular formula is C16H14O3. The highest BCUT2D eigenvalue weighted by Crippen LogP contribution is 2.21. The van der Waals surface area contributed by atoms with Crippen molar-refractivity contribution in [3.05, 3.63) is 59.7 Å². The van der Waals surface area contributed by atoms with Crippen molar-refractivity contribution in [3.8, 4) is 11.1 Å². The molecule has 0 atom stereocenters. The Morgan fingerprint density at radius 2 is 1.68 bits per heavy atom. The van der Waals surface area contributed by atoms with Crippen LogP contribution in [0.25, 0.3) is 11.1 Å². The molecule has 0 aliphatic rings. The normalized spacial score (nSPS) is 10.2. The van der Waals surface area contributed by atoms with Crippen LogP contribution in [0.5, 0.6) is 0 Å².